The summed E-state index contributed by atoms with van der Waals surface area (Å²) >= 11 is 11.7. The van der Waals surface area contributed by atoms with Gasteiger partial charge in [0.25, 0.3) is 0 Å². The first-order chi connectivity index (χ1) is 6.25. The highest BCUT2D eigenvalue weighted by Gasteiger charge is 2.00. The maximum atomic E-state index is 8.50. The molecule has 0 saturated carbocycles. The van der Waals surface area contributed by atoms with E-state index >= 15 is 0 Å². The van der Waals surface area contributed by atoms with Gasteiger partial charge in [0.2, 0.25) is 0 Å². The lowest BCUT2D eigenvalue weighted by atomic mass is 10.2. The number of benzene rings is 1. The molecule has 0 heterocycles. The highest BCUT2D eigenvalue weighted by atomic mass is 35.5. The van der Waals surface area contributed by atoms with Crippen LogP contribution in [0.4, 0.5) is 0 Å². The zero-order chi connectivity index (χ0) is 9.68. The fraction of sp³-hybridized carbons (Fsp3) is 0.222. The van der Waals surface area contributed by atoms with Gasteiger partial charge in [-0.2, -0.15) is 0 Å². The number of rotatable bonds is 3. The van der Waals surface area contributed by atoms with Gasteiger partial charge in [-0.05, 0) is 12.1 Å². The predicted molar refractivity (Wildman–Crippen MR) is 56.0 cm³/mol. The van der Waals surface area contributed by atoms with Crippen LogP contribution in [0.15, 0.2) is 23.2 Å². The van der Waals surface area contributed by atoms with Crippen LogP contribution in [0.2, 0.25) is 10.0 Å². The first-order valence-corrected chi connectivity index (χ1v) is 4.56. The first kappa shape index (κ1) is 10.5. The predicted octanol–water partition coefficient (Wildman–Crippen LogP) is 2.40. The molecule has 1 N–H and O–H groups in total. The van der Waals surface area contributed by atoms with Crippen LogP contribution in [-0.2, 0) is 0 Å². The number of hydrogen-bond donors (Lipinski definition) is 1. The van der Waals surface area contributed by atoms with E-state index in [-0.39, 0.29) is 6.61 Å². The summed E-state index contributed by atoms with van der Waals surface area (Å²) in [5.41, 5.74) is 0.694. The number of aliphatic hydroxyl groups is 1. The molecule has 0 atom stereocenters. The Hall–Kier alpha value is -0.570. The van der Waals surface area contributed by atoms with E-state index in [1.54, 1.807) is 24.4 Å². The van der Waals surface area contributed by atoms with Crippen molar-refractivity contribution in [2.45, 2.75) is 0 Å². The van der Waals surface area contributed by atoms with E-state index in [1.165, 1.54) is 0 Å². The van der Waals surface area contributed by atoms with Crippen LogP contribution in [0.5, 0.6) is 0 Å². The van der Waals surface area contributed by atoms with Crippen molar-refractivity contribution in [3.63, 3.8) is 0 Å². The summed E-state index contributed by atoms with van der Waals surface area (Å²) in [4.78, 5) is 3.94. The molecule has 0 aromatic heterocycles. The van der Waals surface area contributed by atoms with E-state index < -0.39 is 0 Å². The molecular weight excluding hydrogens is 209 g/mol. The molecule has 0 amide bonds. The fourth-order valence-electron chi connectivity index (χ4n) is 0.848. The van der Waals surface area contributed by atoms with Gasteiger partial charge in [0.15, 0.2) is 0 Å². The van der Waals surface area contributed by atoms with Crippen LogP contribution < -0.4 is 0 Å². The lowest BCUT2D eigenvalue weighted by Crippen LogP contribution is -1.90. The Kier molecular flexibility index (Phi) is 4.22. The second-order valence-corrected chi connectivity index (χ2v) is 3.21. The van der Waals surface area contributed by atoms with Crippen LogP contribution in [0.1, 0.15) is 5.56 Å². The Morgan fingerprint density at radius 2 is 1.92 bits per heavy atom. The van der Waals surface area contributed by atoms with Crippen molar-refractivity contribution in [3.05, 3.63) is 33.8 Å². The van der Waals surface area contributed by atoms with Crippen molar-refractivity contribution >= 4 is 29.4 Å². The highest BCUT2D eigenvalue weighted by molar-refractivity contribution is 6.38. The van der Waals surface area contributed by atoms with Crippen LogP contribution in [0, 0.1) is 0 Å². The molecule has 0 aliphatic carbocycles. The number of hydrogen-bond acceptors (Lipinski definition) is 2. The third-order valence-electron chi connectivity index (χ3n) is 1.45. The van der Waals surface area contributed by atoms with Crippen molar-refractivity contribution in [1.29, 1.82) is 0 Å². The van der Waals surface area contributed by atoms with Crippen molar-refractivity contribution in [1.82, 2.24) is 0 Å². The Morgan fingerprint density at radius 3 is 2.46 bits per heavy atom. The van der Waals surface area contributed by atoms with Crippen LogP contribution in [-0.4, -0.2) is 24.5 Å². The SMILES string of the molecule is OCCN=Cc1c(Cl)cccc1Cl. The maximum absolute atomic E-state index is 8.50. The zero-order valence-electron chi connectivity index (χ0n) is 6.87. The minimum absolute atomic E-state index is 0.0264. The molecule has 0 spiro atoms. The number of aliphatic imine (C=N–C) groups is 1. The molecule has 0 fully saturated rings. The number of nitrogens with zero attached hydrogens (tertiary/aromatic N) is 1. The molecule has 0 radical (unpaired) electrons. The lowest BCUT2D eigenvalue weighted by molar-refractivity contribution is 0.307. The van der Waals surface area contributed by atoms with E-state index in [1.807, 2.05) is 0 Å². The largest absolute Gasteiger partial charge is 0.394 e. The van der Waals surface area contributed by atoms with Crippen LogP contribution >= 0.6 is 23.2 Å². The molecule has 0 bridgehead atoms. The maximum Gasteiger partial charge on any atom is 0.0626 e. The van der Waals surface area contributed by atoms with Crippen LogP contribution in [0.3, 0.4) is 0 Å². The van der Waals surface area contributed by atoms with Crippen molar-refractivity contribution in [2.75, 3.05) is 13.2 Å². The van der Waals surface area contributed by atoms with Crippen LogP contribution in [0.25, 0.3) is 0 Å². The summed E-state index contributed by atoms with van der Waals surface area (Å²) < 4.78 is 0. The molecule has 1 rings (SSSR count). The van der Waals surface area contributed by atoms with Gasteiger partial charge in [0, 0.05) is 11.8 Å². The Morgan fingerprint density at radius 1 is 1.31 bits per heavy atom. The summed E-state index contributed by atoms with van der Waals surface area (Å²) in [6, 6.07) is 5.26. The van der Waals surface area contributed by atoms with Gasteiger partial charge in [-0.25, -0.2) is 0 Å². The smallest absolute Gasteiger partial charge is 0.0626 e. The highest BCUT2D eigenvalue weighted by Crippen LogP contribution is 2.21. The average Bonchev–Trinajstić information content (AvgIpc) is 2.10. The molecular formula is C9H9Cl2NO. The second-order valence-electron chi connectivity index (χ2n) is 2.39. The van der Waals surface area contributed by atoms with Crippen molar-refractivity contribution in [2.24, 2.45) is 4.99 Å². The lowest BCUT2D eigenvalue weighted by Gasteiger charge is -1.99. The number of halogens is 2. The molecule has 70 valence electrons. The first-order valence-electron chi connectivity index (χ1n) is 3.80. The van der Waals surface area contributed by atoms with E-state index in [2.05, 4.69) is 4.99 Å². The molecule has 0 unspecified atom stereocenters. The standard InChI is InChI=1S/C9H9Cl2NO/c10-8-2-1-3-9(11)7(8)6-12-4-5-13/h1-3,6,13H,4-5H2. The Bertz CT molecular complexity index is 292. The molecule has 0 aliphatic heterocycles. The minimum Gasteiger partial charge on any atom is -0.394 e. The third kappa shape index (κ3) is 2.99. The molecule has 2 nitrogen and oxygen atoms in total. The Balaban J connectivity index is 2.87. The third-order valence-corrected chi connectivity index (χ3v) is 2.11. The van der Waals surface area contributed by atoms with Gasteiger partial charge in [-0.3, -0.25) is 4.99 Å². The number of aliphatic hydroxyl groups excluding tert-OH is 1. The molecule has 1 aromatic rings. The molecule has 1 aromatic carbocycles. The van der Waals surface area contributed by atoms with Gasteiger partial charge in [-0.1, -0.05) is 29.3 Å². The Labute approximate surface area is 86.8 Å². The zero-order valence-corrected chi connectivity index (χ0v) is 8.39. The summed E-state index contributed by atoms with van der Waals surface area (Å²) in [5, 5.41) is 9.63. The normalized spacial score (nSPS) is 11.0. The molecule has 13 heavy (non-hydrogen) atoms. The van der Waals surface area contributed by atoms with Gasteiger partial charge in [0.1, 0.15) is 0 Å². The molecule has 4 heteroatoms. The summed E-state index contributed by atoms with van der Waals surface area (Å²) in [6.45, 7) is 0.389. The quantitative estimate of drug-likeness (QED) is 0.776. The van der Waals surface area contributed by atoms with E-state index in [0.29, 0.717) is 22.2 Å². The van der Waals surface area contributed by atoms with E-state index in [0.717, 1.165) is 0 Å². The monoisotopic (exact) mass is 217 g/mol. The molecule has 0 aliphatic rings. The summed E-state index contributed by atoms with van der Waals surface area (Å²) in [6.07, 6.45) is 1.57. The van der Waals surface area contributed by atoms with E-state index in [9.17, 15) is 0 Å². The molecule has 0 saturated heterocycles. The van der Waals surface area contributed by atoms with Crippen molar-refractivity contribution in [3.8, 4) is 0 Å². The van der Waals surface area contributed by atoms with E-state index in [4.69, 9.17) is 28.3 Å². The topological polar surface area (TPSA) is 32.6 Å². The van der Waals surface area contributed by atoms with Gasteiger partial charge in [0.05, 0.1) is 23.2 Å². The van der Waals surface area contributed by atoms with Gasteiger partial charge < -0.3 is 5.11 Å². The van der Waals surface area contributed by atoms with Gasteiger partial charge >= 0.3 is 0 Å². The van der Waals surface area contributed by atoms with Crippen molar-refractivity contribution < 1.29 is 5.11 Å². The average molecular weight is 218 g/mol. The second kappa shape index (κ2) is 5.22. The summed E-state index contributed by atoms with van der Waals surface area (Å²) in [5.74, 6) is 0. The summed E-state index contributed by atoms with van der Waals surface area (Å²) in [7, 11) is 0. The fourth-order valence-corrected chi connectivity index (χ4v) is 1.34. The minimum atomic E-state index is 0.0264. The van der Waals surface area contributed by atoms with Gasteiger partial charge in [-0.15, -0.1) is 0 Å².